The smallest absolute Gasteiger partial charge is 0.314 e. The molecular weight excluding hydrogens is 272 g/mol. The minimum atomic E-state index is -0.160. The molecule has 0 spiro atoms. The Balaban J connectivity index is 2.49. The Bertz CT molecular complexity index is 369. The summed E-state index contributed by atoms with van der Waals surface area (Å²) in [6.45, 7) is 0.610. The highest BCUT2D eigenvalue weighted by atomic mass is 79.9. The number of carbonyl (C=O) groups is 1. The van der Waals surface area contributed by atoms with Gasteiger partial charge < -0.3 is 15.4 Å². The van der Waals surface area contributed by atoms with Crippen LogP contribution in [-0.2, 0) is 6.42 Å². The van der Waals surface area contributed by atoms with Crippen LogP contribution in [0.4, 0.5) is 4.79 Å². The first kappa shape index (κ1) is 12.8. The fourth-order valence-electron chi connectivity index (χ4n) is 1.27. The van der Waals surface area contributed by atoms with E-state index in [0.717, 1.165) is 22.2 Å². The third-order valence-electron chi connectivity index (χ3n) is 2.14. The standard InChI is InChI=1S/C11H15BrN2O2/c1-13-11(15)14-6-5-8-3-4-10(16-2)9(12)7-8/h3-4,7H,5-6H2,1-2H3,(H2,13,14,15). The Labute approximate surface area is 103 Å². The van der Waals surface area contributed by atoms with Crippen LogP contribution < -0.4 is 15.4 Å². The number of hydrogen-bond donors (Lipinski definition) is 2. The second-order valence-electron chi connectivity index (χ2n) is 3.22. The first-order valence-electron chi connectivity index (χ1n) is 4.95. The fourth-order valence-corrected chi connectivity index (χ4v) is 1.86. The van der Waals surface area contributed by atoms with Gasteiger partial charge in [-0.05, 0) is 40.0 Å². The van der Waals surface area contributed by atoms with E-state index in [2.05, 4.69) is 26.6 Å². The number of rotatable bonds is 4. The second kappa shape index (κ2) is 6.37. The summed E-state index contributed by atoms with van der Waals surface area (Å²) < 4.78 is 6.06. The number of hydrogen-bond acceptors (Lipinski definition) is 2. The predicted molar refractivity (Wildman–Crippen MR) is 66.9 cm³/mol. The fraction of sp³-hybridized carbons (Fsp3) is 0.364. The maximum absolute atomic E-state index is 10.9. The molecule has 0 fully saturated rings. The molecule has 0 bridgehead atoms. The molecule has 0 saturated carbocycles. The largest absolute Gasteiger partial charge is 0.496 e. The average Bonchev–Trinajstić information content (AvgIpc) is 2.29. The van der Waals surface area contributed by atoms with E-state index < -0.39 is 0 Å². The molecule has 0 radical (unpaired) electrons. The van der Waals surface area contributed by atoms with Gasteiger partial charge in [0.05, 0.1) is 11.6 Å². The molecule has 16 heavy (non-hydrogen) atoms. The van der Waals surface area contributed by atoms with Crippen molar-refractivity contribution < 1.29 is 9.53 Å². The monoisotopic (exact) mass is 286 g/mol. The number of methoxy groups -OCH3 is 1. The van der Waals surface area contributed by atoms with Crippen LogP contribution >= 0.6 is 15.9 Å². The van der Waals surface area contributed by atoms with Gasteiger partial charge in [0.25, 0.3) is 0 Å². The molecule has 0 atom stereocenters. The number of benzene rings is 1. The van der Waals surface area contributed by atoms with Crippen LogP contribution in [0.2, 0.25) is 0 Å². The molecule has 0 aliphatic carbocycles. The molecule has 1 aromatic rings. The van der Waals surface area contributed by atoms with Crippen molar-refractivity contribution in [3.8, 4) is 5.75 Å². The molecule has 88 valence electrons. The summed E-state index contributed by atoms with van der Waals surface area (Å²) in [7, 11) is 3.23. The van der Waals surface area contributed by atoms with E-state index in [9.17, 15) is 4.79 Å². The van der Waals surface area contributed by atoms with Gasteiger partial charge >= 0.3 is 6.03 Å². The summed E-state index contributed by atoms with van der Waals surface area (Å²) >= 11 is 3.42. The van der Waals surface area contributed by atoms with E-state index in [1.807, 2.05) is 18.2 Å². The Kier molecular flexibility index (Phi) is 5.11. The highest BCUT2D eigenvalue weighted by Crippen LogP contribution is 2.25. The van der Waals surface area contributed by atoms with E-state index >= 15 is 0 Å². The lowest BCUT2D eigenvalue weighted by Crippen LogP contribution is -2.33. The minimum Gasteiger partial charge on any atom is -0.496 e. The number of nitrogens with one attached hydrogen (secondary N) is 2. The number of ether oxygens (including phenoxy) is 1. The lowest BCUT2D eigenvalue weighted by atomic mass is 10.1. The van der Waals surface area contributed by atoms with Crippen molar-refractivity contribution in [1.29, 1.82) is 0 Å². The summed E-state index contributed by atoms with van der Waals surface area (Å²) in [5, 5.41) is 5.23. The highest BCUT2D eigenvalue weighted by molar-refractivity contribution is 9.10. The van der Waals surface area contributed by atoms with Crippen molar-refractivity contribution in [2.45, 2.75) is 6.42 Å². The van der Waals surface area contributed by atoms with Gasteiger partial charge in [0.2, 0.25) is 0 Å². The van der Waals surface area contributed by atoms with Crippen LogP contribution in [0, 0.1) is 0 Å². The first-order chi connectivity index (χ1) is 7.67. The molecule has 0 heterocycles. The molecule has 4 nitrogen and oxygen atoms in total. The zero-order valence-corrected chi connectivity index (χ0v) is 10.9. The maximum Gasteiger partial charge on any atom is 0.314 e. The number of amides is 2. The molecule has 0 saturated heterocycles. The van der Waals surface area contributed by atoms with Crippen molar-refractivity contribution in [1.82, 2.24) is 10.6 Å². The number of carbonyl (C=O) groups excluding carboxylic acids is 1. The van der Waals surface area contributed by atoms with Crippen molar-refractivity contribution in [3.05, 3.63) is 28.2 Å². The predicted octanol–water partition coefficient (Wildman–Crippen LogP) is 1.93. The molecule has 1 aromatic carbocycles. The Morgan fingerprint density at radius 3 is 2.81 bits per heavy atom. The van der Waals surface area contributed by atoms with Gasteiger partial charge in [0, 0.05) is 13.6 Å². The van der Waals surface area contributed by atoms with Gasteiger partial charge in [0.15, 0.2) is 0 Å². The van der Waals surface area contributed by atoms with E-state index in [-0.39, 0.29) is 6.03 Å². The van der Waals surface area contributed by atoms with Gasteiger partial charge in [-0.15, -0.1) is 0 Å². The van der Waals surface area contributed by atoms with Crippen LogP contribution in [0.25, 0.3) is 0 Å². The van der Waals surface area contributed by atoms with Crippen LogP contribution in [0.5, 0.6) is 5.75 Å². The summed E-state index contributed by atoms with van der Waals surface area (Å²) in [6.07, 6.45) is 0.788. The van der Waals surface area contributed by atoms with Crippen molar-refractivity contribution in [2.75, 3.05) is 20.7 Å². The third-order valence-corrected chi connectivity index (χ3v) is 2.76. The molecule has 1 rings (SSSR count). The molecule has 2 N–H and O–H groups in total. The zero-order chi connectivity index (χ0) is 12.0. The Morgan fingerprint density at radius 1 is 1.50 bits per heavy atom. The number of halogens is 1. The van der Waals surface area contributed by atoms with Crippen molar-refractivity contribution >= 4 is 22.0 Å². The third kappa shape index (κ3) is 3.73. The first-order valence-corrected chi connectivity index (χ1v) is 5.74. The van der Waals surface area contributed by atoms with Gasteiger partial charge in [-0.1, -0.05) is 6.07 Å². The Morgan fingerprint density at radius 2 is 2.25 bits per heavy atom. The lowest BCUT2D eigenvalue weighted by molar-refractivity contribution is 0.243. The van der Waals surface area contributed by atoms with Crippen LogP contribution in [0.1, 0.15) is 5.56 Å². The summed E-state index contributed by atoms with van der Waals surface area (Å²) in [5.74, 6) is 0.808. The molecule has 5 heteroatoms. The van der Waals surface area contributed by atoms with E-state index in [1.165, 1.54) is 0 Å². The van der Waals surface area contributed by atoms with Crippen LogP contribution in [-0.4, -0.2) is 26.7 Å². The molecule has 0 unspecified atom stereocenters. The second-order valence-corrected chi connectivity index (χ2v) is 4.08. The summed E-state index contributed by atoms with van der Waals surface area (Å²) in [5.41, 5.74) is 1.14. The van der Waals surface area contributed by atoms with Crippen molar-refractivity contribution in [3.63, 3.8) is 0 Å². The molecular formula is C11H15BrN2O2. The molecule has 0 aromatic heterocycles. The van der Waals surface area contributed by atoms with Gasteiger partial charge in [-0.3, -0.25) is 0 Å². The number of urea groups is 1. The quantitative estimate of drug-likeness (QED) is 0.889. The zero-order valence-electron chi connectivity index (χ0n) is 9.34. The van der Waals surface area contributed by atoms with Gasteiger partial charge in [-0.2, -0.15) is 0 Å². The minimum absolute atomic E-state index is 0.160. The van der Waals surface area contributed by atoms with Crippen molar-refractivity contribution in [2.24, 2.45) is 0 Å². The Hall–Kier alpha value is -1.23. The molecule has 0 aliphatic heterocycles. The van der Waals surface area contributed by atoms with E-state index in [1.54, 1.807) is 14.2 Å². The van der Waals surface area contributed by atoms with Crippen LogP contribution in [0.3, 0.4) is 0 Å². The molecule has 2 amide bonds. The SMILES string of the molecule is CNC(=O)NCCc1ccc(OC)c(Br)c1. The van der Waals surface area contributed by atoms with Crippen LogP contribution in [0.15, 0.2) is 22.7 Å². The summed E-state index contributed by atoms with van der Waals surface area (Å²) in [6, 6.07) is 5.71. The van der Waals surface area contributed by atoms with Gasteiger partial charge in [-0.25, -0.2) is 4.79 Å². The topological polar surface area (TPSA) is 50.4 Å². The lowest BCUT2D eigenvalue weighted by Gasteiger charge is -2.07. The highest BCUT2D eigenvalue weighted by Gasteiger charge is 2.02. The van der Waals surface area contributed by atoms with Gasteiger partial charge in [0.1, 0.15) is 5.75 Å². The summed E-state index contributed by atoms with van der Waals surface area (Å²) in [4.78, 5) is 10.9. The van der Waals surface area contributed by atoms with E-state index in [4.69, 9.17) is 4.74 Å². The maximum atomic E-state index is 10.9. The molecule has 0 aliphatic rings. The van der Waals surface area contributed by atoms with E-state index in [0.29, 0.717) is 6.54 Å². The normalized spacial score (nSPS) is 9.69. The average molecular weight is 287 g/mol.